The van der Waals surface area contributed by atoms with E-state index in [0.29, 0.717) is 12.6 Å². The van der Waals surface area contributed by atoms with Crippen LogP contribution in [0.5, 0.6) is 0 Å². The molecule has 0 aromatic rings. The van der Waals surface area contributed by atoms with E-state index in [1.165, 1.54) is 19.3 Å². The largest absolute Gasteiger partial charge is 0.461 e. The highest BCUT2D eigenvalue weighted by Gasteiger charge is 2.29. The van der Waals surface area contributed by atoms with Crippen LogP contribution in [0.15, 0.2) is 11.6 Å². The van der Waals surface area contributed by atoms with Crippen LogP contribution in [0, 0.1) is 0 Å². The molecular weight excluding hydrogens is 202 g/mol. The van der Waals surface area contributed by atoms with Crippen LogP contribution >= 0.6 is 0 Å². The summed E-state index contributed by atoms with van der Waals surface area (Å²) in [7, 11) is 0. The SMILES string of the molecule is CCC/C=C1\CN2CCCCC2COC1=O. The molecule has 0 amide bonds. The Morgan fingerprint density at radius 1 is 1.50 bits per heavy atom. The number of carbonyl (C=O) groups excluding carboxylic acids is 1. The molecule has 2 aliphatic rings. The molecule has 2 aliphatic heterocycles. The van der Waals surface area contributed by atoms with Crippen molar-refractivity contribution in [3.05, 3.63) is 11.6 Å². The zero-order chi connectivity index (χ0) is 11.4. The van der Waals surface area contributed by atoms with Crippen molar-refractivity contribution in [2.75, 3.05) is 19.7 Å². The molecule has 2 heterocycles. The third kappa shape index (κ3) is 2.64. The molecule has 0 radical (unpaired) electrons. The predicted octanol–water partition coefficient (Wildman–Crippen LogP) is 2.12. The highest BCUT2D eigenvalue weighted by Crippen LogP contribution is 2.22. The minimum atomic E-state index is -0.0946. The molecule has 0 aliphatic carbocycles. The smallest absolute Gasteiger partial charge is 0.335 e. The van der Waals surface area contributed by atoms with E-state index in [0.717, 1.165) is 31.5 Å². The number of carbonyl (C=O) groups is 1. The zero-order valence-electron chi connectivity index (χ0n) is 10.1. The first kappa shape index (κ1) is 11.6. The average molecular weight is 223 g/mol. The fraction of sp³-hybridized carbons (Fsp3) is 0.769. The molecule has 90 valence electrons. The number of hydrogen-bond donors (Lipinski definition) is 0. The molecule has 0 bridgehead atoms. The van der Waals surface area contributed by atoms with Gasteiger partial charge < -0.3 is 4.74 Å². The van der Waals surface area contributed by atoms with Gasteiger partial charge in [-0.05, 0) is 25.8 Å². The number of piperidine rings is 1. The van der Waals surface area contributed by atoms with E-state index < -0.39 is 0 Å². The summed E-state index contributed by atoms with van der Waals surface area (Å²) in [6.07, 6.45) is 7.81. The lowest BCUT2D eigenvalue weighted by Crippen LogP contribution is -2.41. The van der Waals surface area contributed by atoms with E-state index in [9.17, 15) is 4.79 Å². The van der Waals surface area contributed by atoms with Crippen LogP contribution in [0.2, 0.25) is 0 Å². The van der Waals surface area contributed by atoms with Gasteiger partial charge in [-0.1, -0.05) is 25.8 Å². The van der Waals surface area contributed by atoms with Gasteiger partial charge in [0.25, 0.3) is 0 Å². The summed E-state index contributed by atoms with van der Waals surface area (Å²) in [6.45, 7) is 4.62. The maximum atomic E-state index is 11.7. The quantitative estimate of drug-likeness (QED) is 0.530. The van der Waals surface area contributed by atoms with Crippen LogP contribution in [-0.2, 0) is 9.53 Å². The number of fused-ring (bicyclic) bond motifs is 1. The minimum Gasteiger partial charge on any atom is -0.461 e. The van der Waals surface area contributed by atoms with Gasteiger partial charge in [-0.15, -0.1) is 0 Å². The molecule has 1 unspecified atom stereocenters. The number of hydrogen-bond acceptors (Lipinski definition) is 3. The monoisotopic (exact) mass is 223 g/mol. The topological polar surface area (TPSA) is 29.5 Å². The van der Waals surface area contributed by atoms with Crippen molar-refractivity contribution in [3.8, 4) is 0 Å². The second-order valence-corrected chi connectivity index (χ2v) is 4.74. The number of cyclic esters (lactones) is 1. The number of esters is 1. The van der Waals surface area contributed by atoms with Gasteiger partial charge in [-0.3, -0.25) is 4.90 Å². The van der Waals surface area contributed by atoms with Crippen LogP contribution in [-0.4, -0.2) is 36.6 Å². The summed E-state index contributed by atoms with van der Waals surface area (Å²) in [4.78, 5) is 14.2. The molecule has 1 atom stereocenters. The third-order valence-corrected chi connectivity index (χ3v) is 3.47. The highest BCUT2D eigenvalue weighted by atomic mass is 16.5. The Labute approximate surface area is 97.5 Å². The Kier molecular flexibility index (Phi) is 3.99. The third-order valence-electron chi connectivity index (χ3n) is 3.47. The Hall–Kier alpha value is -0.830. The molecule has 2 saturated heterocycles. The molecule has 2 rings (SSSR count). The van der Waals surface area contributed by atoms with Crippen molar-refractivity contribution in [1.82, 2.24) is 4.90 Å². The van der Waals surface area contributed by atoms with Gasteiger partial charge in [-0.25, -0.2) is 4.79 Å². The summed E-state index contributed by atoms with van der Waals surface area (Å²) < 4.78 is 5.33. The van der Waals surface area contributed by atoms with E-state index in [-0.39, 0.29) is 5.97 Å². The molecule has 3 heteroatoms. The maximum Gasteiger partial charge on any atom is 0.335 e. The minimum absolute atomic E-state index is 0.0946. The molecule has 16 heavy (non-hydrogen) atoms. The van der Waals surface area contributed by atoms with Gasteiger partial charge in [-0.2, -0.15) is 0 Å². The Morgan fingerprint density at radius 2 is 2.38 bits per heavy atom. The van der Waals surface area contributed by atoms with E-state index in [1.54, 1.807) is 0 Å². The Balaban J connectivity index is 2.06. The van der Waals surface area contributed by atoms with E-state index in [2.05, 4.69) is 17.9 Å². The number of rotatable bonds is 2. The predicted molar refractivity (Wildman–Crippen MR) is 63.2 cm³/mol. The molecule has 0 saturated carbocycles. The van der Waals surface area contributed by atoms with Crippen molar-refractivity contribution in [1.29, 1.82) is 0 Å². The van der Waals surface area contributed by atoms with Crippen molar-refractivity contribution in [2.24, 2.45) is 0 Å². The van der Waals surface area contributed by atoms with Crippen LogP contribution in [0.4, 0.5) is 0 Å². The highest BCUT2D eigenvalue weighted by molar-refractivity contribution is 5.89. The summed E-state index contributed by atoms with van der Waals surface area (Å²) in [5.74, 6) is -0.0946. The van der Waals surface area contributed by atoms with Gasteiger partial charge in [0, 0.05) is 18.2 Å². The van der Waals surface area contributed by atoms with Gasteiger partial charge in [0.2, 0.25) is 0 Å². The molecule has 0 N–H and O–H groups in total. The fourth-order valence-corrected chi connectivity index (χ4v) is 2.47. The van der Waals surface area contributed by atoms with Gasteiger partial charge in [0.05, 0.1) is 0 Å². The standard InChI is InChI=1S/C13H21NO2/c1-2-3-6-11-9-14-8-5-4-7-12(14)10-16-13(11)15/h6,12H,2-5,7-10H2,1H3/b11-6+. The Morgan fingerprint density at radius 3 is 3.19 bits per heavy atom. The van der Waals surface area contributed by atoms with Crippen LogP contribution < -0.4 is 0 Å². The fourth-order valence-electron chi connectivity index (χ4n) is 2.47. The van der Waals surface area contributed by atoms with Gasteiger partial charge in [0.1, 0.15) is 6.61 Å². The van der Waals surface area contributed by atoms with Crippen molar-refractivity contribution in [3.63, 3.8) is 0 Å². The maximum absolute atomic E-state index is 11.7. The van der Waals surface area contributed by atoms with Crippen molar-refractivity contribution in [2.45, 2.75) is 45.1 Å². The van der Waals surface area contributed by atoms with Crippen molar-refractivity contribution >= 4 is 5.97 Å². The first-order valence-corrected chi connectivity index (χ1v) is 6.41. The zero-order valence-corrected chi connectivity index (χ0v) is 10.1. The van der Waals surface area contributed by atoms with Crippen LogP contribution in [0.25, 0.3) is 0 Å². The second kappa shape index (κ2) is 5.48. The molecule has 0 aromatic heterocycles. The van der Waals surface area contributed by atoms with Gasteiger partial charge in [0.15, 0.2) is 0 Å². The molecule has 2 fully saturated rings. The van der Waals surface area contributed by atoms with E-state index in [4.69, 9.17) is 4.74 Å². The van der Waals surface area contributed by atoms with E-state index in [1.807, 2.05) is 0 Å². The van der Waals surface area contributed by atoms with Crippen LogP contribution in [0.1, 0.15) is 39.0 Å². The lowest BCUT2D eigenvalue weighted by Gasteiger charge is -2.32. The summed E-state index contributed by atoms with van der Waals surface area (Å²) in [6, 6.07) is 0.463. The lowest BCUT2D eigenvalue weighted by molar-refractivity contribution is -0.139. The number of unbranched alkanes of at least 4 members (excludes halogenated alkanes) is 1. The first-order chi connectivity index (χ1) is 7.81. The molecular formula is C13H21NO2. The van der Waals surface area contributed by atoms with E-state index >= 15 is 0 Å². The van der Waals surface area contributed by atoms with Gasteiger partial charge >= 0.3 is 5.97 Å². The number of allylic oxidation sites excluding steroid dienone is 1. The van der Waals surface area contributed by atoms with Crippen LogP contribution in [0.3, 0.4) is 0 Å². The Bertz CT molecular complexity index is 286. The first-order valence-electron chi connectivity index (χ1n) is 6.41. The average Bonchev–Trinajstić information content (AvgIpc) is 2.47. The summed E-state index contributed by atoms with van der Waals surface area (Å²) in [5.41, 5.74) is 0.867. The lowest BCUT2D eigenvalue weighted by atomic mass is 10.0. The number of nitrogens with zero attached hydrogens (tertiary/aromatic N) is 1. The normalized spacial score (nSPS) is 29.7. The molecule has 3 nitrogen and oxygen atoms in total. The van der Waals surface area contributed by atoms with Crippen molar-refractivity contribution < 1.29 is 9.53 Å². The summed E-state index contributed by atoms with van der Waals surface area (Å²) >= 11 is 0. The molecule has 0 spiro atoms. The molecule has 0 aromatic carbocycles. The summed E-state index contributed by atoms with van der Waals surface area (Å²) in [5, 5.41) is 0. The number of ether oxygens (including phenoxy) is 1. The second-order valence-electron chi connectivity index (χ2n) is 4.74.